The van der Waals surface area contributed by atoms with E-state index in [-0.39, 0.29) is 24.0 Å². The number of hydrogen-bond acceptors (Lipinski definition) is 3. The number of hydrogen-bond donors (Lipinski definition) is 2. The summed E-state index contributed by atoms with van der Waals surface area (Å²) in [6.07, 6.45) is 4.54. The van der Waals surface area contributed by atoms with Crippen LogP contribution in [0.25, 0.3) is 0 Å². The lowest BCUT2D eigenvalue weighted by molar-refractivity contribution is 0.408. The highest BCUT2D eigenvalue weighted by molar-refractivity contribution is 14.0. The Morgan fingerprint density at radius 2 is 2.05 bits per heavy atom. The number of nitrogens with zero attached hydrogens (tertiary/aromatic N) is 1. The minimum atomic E-state index is 0. The third-order valence-corrected chi connectivity index (χ3v) is 3.88. The largest absolute Gasteiger partial charge is 0.496 e. The molecule has 0 unspecified atom stereocenters. The normalized spacial score (nSPS) is 10.8. The van der Waals surface area contributed by atoms with E-state index in [0.717, 1.165) is 30.2 Å². The highest BCUT2D eigenvalue weighted by Gasteiger charge is 2.04. The van der Waals surface area contributed by atoms with Gasteiger partial charge >= 0.3 is 0 Å². The highest BCUT2D eigenvalue weighted by atomic mass is 127. The summed E-state index contributed by atoms with van der Waals surface area (Å²) in [5.74, 6) is 2.97. The molecule has 0 saturated carbocycles. The number of unbranched alkanes of at least 4 members (excludes halogenated alkanes) is 1. The van der Waals surface area contributed by atoms with Crippen molar-refractivity contribution in [2.75, 3.05) is 32.7 Å². The van der Waals surface area contributed by atoms with Crippen molar-refractivity contribution in [2.24, 2.45) is 4.99 Å². The molecule has 0 aliphatic heterocycles. The third-order valence-electron chi connectivity index (χ3n) is 3.18. The van der Waals surface area contributed by atoms with Crippen LogP contribution in [-0.4, -0.2) is 38.7 Å². The molecule has 0 radical (unpaired) electrons. The SMILES string of the molecule is CN=C(NCCCCSC)NCc1ccc(C)cc1OC.I. The van der Waals surface area contributed by atoms with Gasteiger partial charge in [0.05, 0.1) is 7.11 Å². The first-order chi connectivity index (χ1) is 10.2. The molecule has 0 heterocycles. The van der Waals surface area contributed by atoms with Crippen molar-refractivity contribution in [2.45, 2.75) is 26.3 Å². The number of aliphatic imine (C=N–C) groups is 1. The molecule has 0 atom stereocenters. The van der Waals surface area contributed by atoms with Gasteiger partial charge in [0.1, 0.15) is 5.75 Å². The first-order valence-corrected chi connectivity index (χ1v) is 8.67. The predicted octanol–water partition coefficient (Wildman–Crippen LogP) is 3.43. The number of nitrogens with one attached hydrogen (secondary N) is 2. The third kappa shape index (κ3) is 8.12. The lowest BCUT2D eigenvalue weighted by Crippen LogP contribution is -2.37. The first kappa shape index (κ1) is 21.4. The zero-order chi connectivity index (χ0) is 15.5. The second-order valence-electron chi connectivity index (χ2n) is 4.87. The van der Waals surface area contributed by atoms with Crippen molar-refractivity contribution in [1.29, 1.82) is 0 Å². The van der Waals surface area contributed by atoms with Crippen LogP contribution in [-0.2, 0) is 6.54 Å². The van der Waals surface area contributed by atoms with Crippen molar-refractivity contribution >= 4 is 41.7 Å². The summed E-state index contributed by atoms with van der Waals surface area (Å²) in [5, 5.41) is 6.66. The van der Waals surface area contributed by atoms with Gasteiger partial charge in [0.25, 0.3) is 0 Å². The van der Waals surface area contributed by atoms with E-state index in [1.807, 2.05) is 11.8 Å². The van der Waals surface area contributed by atoms with Crippen molar-refractivity contribution in [3.8, 4) is 5.75 Å². The molecule has 1 rings (SSSR count). The molecule has 6 heteroatoms. The Labute approximate surface area is 155 Å². The van der Waals surface area contributed by atoms with Gasteiger partial charge in [0, 0.05) is 25.7 Å². The zero-order valence-corrected chi connectivity index (χ0v) is 17.1. The van der Waals surface area contributed by atoms with Crippen molar-refractivity contribution in [3.05, 3.63) is 29.3 Å². The molecular weight excluding hydrogens is 409 g/mol. The molecule has 1 aromatic carbocycles. The first-order valence-electron chi connectivity index (χ1n) is 7.28. The zero-order valence-electron chi connectivity index (χ0n) is 13.9. The number of guanidine groups is 1. The van der Waals surface area contributed by atoms with Crippen LogP contribution in [0.1, 0.15) is 24.0 Å². The van der Waals surface area contributed by atoms with Gasteiger partial charge in [-0.05, 0) is 43.4 Å². The van der Waals surface area contributed by atoms with Crippen molar-refractivity contribution in [1.82, 2.24) is 10.6 Å². The van der Waals surface area contributed by atoms with Crippen LogP contribution in [0, 0.1) is 6.92 Å². The summed E-state index contributed by atoms with van der Waals surface area (Å²) in [6, 6.07) is 6.24. The summed E-state index contributed by atoms with van der Waals surface area (Å²) in [6.45, 7) is 3.72. The summed E-state index contributed by atoms with van der Waals surface area (Å²) >= 11 is 1.89. The molecule has 0 spiro atoms. The molecule has 2 N–H and O–H groups in total. The van der Waals surface area contributed by atoms with Crippen molar-refractivity contribution in [3.63, 3.8) is 0 Å². The Morgan fingerprint density at radius 1 is 1.27 bits per heavy atom. The number of methoxy groups -OCH3 is 1. The van der Waals surface area contributed by atoms with Gasteiger partial charge in [-0.3, -0.25) is 4.99 Å². The van der Waals surface area contributed by atoms with E-state index in [1.54, 1.807) is 14.2 Å². The lowest BCUT2D eigenvalue weighted by Gasteiger charge is -2.14. The monoisotopic (exact) mass is 437 g/mol. The van der Waals surface area contributed by atoms with Crippen LogP contribution in [0.3, 0.4) is 0 Å². The molecule has 0 aliphatic rings. The van der Waals surface area contributed by atoms with Gasteiger partial charge in [-0.1, -0.05) is 12.1 Å². The number of aryl methyl sites for hydroxylation is 1. The second-order valence-corrected chi connectivity index (χ2v) is 5.85. The van der Waals surface area contributed by atoms with Crippen molar-refractivity contribution < 1.29 is 4.74 Å². The van der Waals surface area contributed by atoms with E-state index in [2.05, 4.69) is 47.0 Å². The maximum absolute atomic E-state index is 5.41. The Morgan fingerprint density at radius 3 is 2.68 bits per heavy atom. The minimum absolute atomic E-state index is 0. The maximum Gasteiger partial charge on any atom is 0.191 e. The molecule has 0 bridgehead atoms. The van der Waals surface area contributed by atoms with Crippen LogP contribution in [0.5, 0.6) is 5.75 Å². The molecule has 0 aliphatic carbocycles. The maximum atomic E-state index is 5.41. The number of ether oxygens (including phenoxy) is 1. The molecule has 22 heavy (non-hydrogen) atoms. The molecule has 0 aromatic heterocycles. The quantitative estimate of drug-likeness (QED) is 0.283. The molecule has 0 fully saturated rings. The van der Waals surface area contributed by atoms with Crippen LogP contribution in [0.15, 0.2) is 23.2 Å². The predicted molar refractivity (Wildman–Crippen MR) is 109 cm³/mol. The fourth-order valence-electron chi connectivity index (χ4n) is 1.98. The van der Waals surface area contributed by atoms with Gasteiger partial charge in [-0.25, -0.2) is 0 Å². The summed E-state index contributed by atoms with van der Waals surface area (Å²) in [5.41, 5.74) is 2.33. The fraction of sp³-hybridized carbons (Fsp3) is 0.562. The van der Waals surface area contributed by atoms with E-state index in [9.17, 15) is 0 Å². The number of halogens is 1. The topological polar surface area (TPSA) is 45.7 Å². The van der Waals surface area contributed by atoms with Crippen LogP contribution in [0.2, 0.25) is 0 Å². The van der Waals surface area contributed by atoms with Crippen LogP contribution < -0.4 is 15.4 Å². The average molecular weight is 437 g/mol. The summed E-state index contributed by atoms with van der Waals surface area (Å²) in [4.78, 5) is 4.24. The standard InChI is InChI=1S/C16H27N3OS.HI/c1-13-7-8-14(15(11-13)20-3)12-19-16(17-2)18-9-5-6-10-21-4;/h7-8,11H,5-6,9-10,12H2,1-4H3,(H2,17,18,19);1H. The highest BCUT2D eigenvalue weighted by Crippen LogP contribution is 2.19. The minimum Gasteiger partial charge on any atom is -0.496 e. The number of rotatable bonds is 8. The second kappa shape index (κ2) is 12.9. The molecule has 126 valence electrons. The number of benzene rings is 1. The molecular formula is C16H28IN3OS. The average Bonchev–Trinajstić information content (AvgIpc) is 2.50. The van der Waals surface area contributed by atoms with Gasteiger partial charge < -0.3 is 15.4 Å². The van der Waals surface area contributed by atoms with Gasteiger partial charge in [-0.15, -0.1) is 24.0 Å². The van der Waals surface area contributed by atoms with E-state index in [4.69, 9.17) is 4.74 Å². The smallest absolute Gasteiger partial charge is 0.191 e. The molecule has 0 saturated heterocycles. The molecule has 1 aromatic rings. The Bertz CT molecular complexity index is 455. The van der Waals surface area contributed by atoms with E-state index >= 15 is 0 Å². The van der Waals surface area contributed by atoms with Gasteiger partial charge in [0.15, 0.2) is 5.96 Å². The molecule has 4 nitrogen and oxygen atoms in total. The van der Waals surface area contributed by atoms with Gasteiger partial charge in [-0.2, -0.15) is 11.8 Å². The number of thioether (sulfide) groups is 1. The Hall–Kier alpha value is -0.630. The van der Waals surface area contributed by atoms with E-state index < -0.39 is 0 Å². The Kier molecular flexibility index (Phi) is 12.5. The van der Waals surface area contributed by atoms with E-state index in [1.165, 1.54) is 17.7 Å². The lowest BCUT2D eigenvalue weighted by atomic mass is 10.1. The Balaban J connectivity index is 0.00000441. The van der Waals surface area contributed by atoms with Crippen LogP contribution in [0.4, 0.5) is 0 Å². The fourth-order valence-corrected chi connectivity index (χ4v) is 2.47. The summed E-state index contributed by atoms with van der Waals surface area (Å²) < 4.78 is 5.41. The van der Waals surface area contributed by atoms with Crippen LogP contribution >= 0.6 is 35.7 Å². The summed E-state index contributed by atoms with van der Waals surface area (Å²) in [7, 11) is 3.50. The molecule has 0 amide bonds. The van der Waals surface area contributed by atoms with Gasteiger partial charge in [0.2, 0.25) is 0 Å². The van der Waals surface area contributed by atoms with E-state index in [0.29, 0.717) is 6.54 Å².